The van der Waals surface area contributed by atoms with Gasteiger partial charge in [-0.1, -0.05) is 19.1 Å². The first-order chi connectivity index (χ1) is 15.0. The molecule has 1 aromatic heterocycles. The number of methoxy groups -OCH3 is 1. The molecule has 0 saturated carbocycles. The number of ether oxygens (including phenoxy) is 2. The number of fused-ring (bicyclic) bond motifs is 1. The highest BCUT2D eigenvalue weighted by molar-refractivity contribution is 6.11. The van der Waals surface area contributed by atoms with E-state index >= 15 is 0 Å². The molecule has 0 atom stereocenters. The summed E-state index contributed by atoms with van der Waals surface area (Å²) in [5.74, 6) is 1.45. The summed E-state index contributed by atoms with van der Waals surface area (Å²) >= 11 is 0. The summed E-state index contributed by atoms with van der Waals surface area (Å²) in [4.78, 5) is 27.6. The van der Waals surface area contributed by atoms with Crippen molar-refractivity contribution in [2.24, 2.45) is 5.92 Å². The SMILES string of the molecule is COc1ccc(OCC(=O)Nc2c(C(=O)N3CCC(C)CC3)oc3ccccc23)cc1. The van der Waals surface area contributed by atoms with Crippen LogP contribution in [0.4, 0.5) is 5.69 Å². The second-order valence-corrected chi connectivity index (χ2v) is 7.79. The summed E-state index contributed by atoms with van der Waals surface area (Å²) in [5, 5.41) is 3.51. The van der Waals surface area contributed by atoms with Crippen LogP contribution in [0.2, 0.25) is 0 Å². The molecule has 1 aliphatic heterocycles. The lowest BCUT2D eigenvalue weighted by Crippen LogP contribution is -2.38. The van der Waals surface area contributed by atoms with E-state index < -0.39 is 0 Å². The fraction of sp³-hybridized carbons (Fsp3) is 0.333. The van der Waals surface area contributed by atoms with Gasteiger partial charge in [-0.2, -0.15) is 0 Å². The molecule has 7 nitrogen and oxygen atoms in total. The molecular formula is C24H26N2O5. The lowest BCUT2D eigenvalue weighted by Gasteiger charge is -2.29. The number of carbonyl (C=O) groups excluding carboxylic acids is 2. The van der Waals surface area contributed by atoms with Crippen LogP contribution >= 0.6 is 0 Å². The minimum absolute atomic E-state index is 0.161. The van der Waals surface area contributed by atoms with Gasteiger partial charge in [-0.15, -0.1) is 0 Å². The number of benzene rings is 2. The summed E-state index contributed by atoms with van der Waals surface area (Å²) in [6, 6.07) is 14.3. The fourth-order valence-electron chi connectivity index (χ4n) is 3.67. The predicted octanol–water partition coefficient (Wildman–Crippen LogP) is 4.33. The van der Waals surface area contributed by atoms with Crippen LogP contribution < -0.4 is 14.8 Å². The Balaban J connectivity index is 1.51. The van der Waals surface area contributed by atoms with Crippen molar-refractivity contribution >= 4 is 28.5 Å². The van der Waals surface area contributed by atoms with Crippen molar-refractivity contribution in [2.75, 3.05) is 32.1 Å². The average Bonchev–Trinajstić information content (AvgIpc) is 3.16. The van der Waals surface area contributed by atoms with Crippen LogP contribution in [0, 0.1) is 5.92 Å². The third kappa shape index (κ3) is 4.66. The molecule has 0 bridgehead atoms. The van der Waals surface area contributed by atoms with E-state index in [1.54, 1.807) is 42.3 Å². The number of para-hydroxylation sites is 1. The van der Waals surface area contributed by atoms with Gasteiger partial charge in [0, 0.05) is 18.5 Å². The summed E-state index contributed by atoms with van der Waals surface area (Å²) in [6.45, 7) is 3.37. The number of likely N-dealkylation sites (tertiary alicyclic amines) is 1. The molecule has 2 aromatic carbocycles. The number of nitrogens with one attached hydrogen (secondary N) is 1. The molecule has 1 N–H and O–H groups in total. The van der Waals surface area contributed by atoms with Crippen molar-refractivity contribution in [1.29, 1.82) is 0 Å². The van der Waals surface area contributed by atoms with E-state index in [1.807, 2.05) is 18.2 Å². The standard InChI is InChI=1S/C24H26N2O5/c1-16-11-13-26(14-12-16)24(28)23-22(19-5-3-4-6-20(19)31-23)25-21(27)15-30-18-9-7-17(29-2)8-10-18/h3-10,16H,11-15H2,1-2H3,(H,25,27). The van der Waals surface area contributed by atoms with Crippen LogP contribution in [0.3, 0.4) is 0 Å². The second kappa shape index (κ2) is 9.12. The number of amides is 2. The molecule has 2 heterocycles. The summed E-state index contributed by atoms with van der Waals surface area (Å²) in [7, 11) is 1.59. The molecular weight excluding hydrogens is 396 g/mol. The highest BCUT2D eigenvalue weighted by atomic mass is 16.5. The van der Waals surface area contributed by atoms with Crippen molar-refractivity contribution in [2.45, 2.75) is 19.8 Å². The number of furan rings is 1. The van der Waals surface area contributed by atoms with Crippen LogP contribution in [-0.4, -0.2) is 43.5 Å². The molecule has 3 aromatic rings. The van der Waals surface area contributed by atoms with Crippen LogP contribution in [0.25, 0.3) is 11.0 Å². The lowest BCUT2D eigenvalue weighted by molar-refractivity contribution is -0.118. The minimum Gasteiger partial charge on any atom is -0.497 e. The van der Waals surface area contributed by atoms with Crippen molar-refractivity contribution in [3.05, 3.63) is 54.3 Å². The zero-order valence-electron chi connectivity index (χ0n) is 17.7. The maximum absolute atomic E-state index is 13.2. The minimum atomic E-state index is -0.372. The van der Waals surface area contributed by atoms with E-state index in [2.05, 4.69) is 12.2 Å². The smallest absolute Gasteiger partial charge is 0.291 e. The van der Waals surface area contributed by atoms with Gasteiger partial charge in [-0.05, 0) is 55.2 Å². The third-order valence-corrected chi connectivity index (χ3v) is 5.55. The number of nitrogens with zero attached hydrogens (tertiary/aromatic N) is 1. The Morgan fingerprint density at radius 3 is 2.45 bits per heavy atom. The molecule has 4 rings (SSSR count). The average molecular weight is 422 g/mol. The fourth-order valence-corrected chi connectivity index (χ4v) is 3.67. The van der Waals surface area contributed by atoms with Crippen LogP contribution in [0.15, 0.2) is 52.9 Å². The van der Waals surface area contributed by atoms with Gasteiger partial charge in [-0.25, -0.2) is 0 Å². The van der Waals surface area contributed by atoms with Crippen molar-refractivity contribution in [3.8, 4) is 11.5 Å². The molecule has 7 heteroatoms. The van der Waals surface area contributed by atoms with E-state index in [0.29, 0.717) is 47.2 Å². The highest BCUT2D eigenvalue weighted by Crippen LogP contribution is 2.32. The molecule has 0 radical (unpaired) electrons. The molecule has 1 aliphatic rings. The van der Waals surface area contributed by atoms with Gasteiger partial charge in [0.1, 0.15) is 22.8 Å². The molecule has 0 aliphatic carbocycles. The topological polar surface area (TPSA) is 81.0 Å². The Morgan fingerprint density at radius 1 is 1.06 bits per heavy atom. The van der Waals surface area contributed by atoms with Crippen LogP contribution in [0.5, 0.6) is 11.5 Å². The largest absolute Gasteiger partial charge is 0.497 e. The molecule has 0 spiro atoms. The number of anilines is 1. The van der Waals surface area contributed by atoms with Crippen molar-refractivity contribution in [1.82, 2.24) is 4.90 Å². The third-order valence-electron chi connectivity index (χ3n) is 5.55. The van der Waals surface area contributed by atoms with E-state index in [0.717, 1.165) is 12.8 Å². The van der Waals surface area contributed by atoms with Gasteiger partial charge in [0.25, 0.3) is 11.8 Å². The zero-order chi connectivity index (χ0) is 21.8. The highest BCUT2D eigenvalue weighted by Gasteiger charge is 2.28. The molecule has 1 saturated heterocycles. The van der Waals surface area contributed by atoms with Crippen LogP contribution in [-0.2, 0) is 4.79 Å². The monoisotopic (exact) mass is 422 g/mol. The van der Waals surface area contributed by atoms with Gasteiger partial charge < -0.3 is 24.1 Å². The van der Waals surface area contributed by atoms with Gasteiger partial charge >= 0.3 is 0 Å². The zero-order valence-corrected chi connectivity index (χ0v) is 17.7. The predicted molar refractivity (Wildman–Crippen MR) is 118 cm³/mol. The van der Waals surface area contributed by atoms with Gasteiger partial charge in [0.2, 0.25) is 5.76 Å². The molecule has 0 unspecified atom stereocenters. The number of rotatable bonds is 6. The molecule has 31 heavy (non-hydrogen) atoms. The Morgan fingerprint density at radius 2 is 1.74 bits per heavy atom. The van der Waals surface area contributed by atoms with Crippen LogP contribution in [0.1, 0.15) is 30.3 Å². The van der Waals surface area contributed by atoms with Gasteiger partial charge in [-0.3, -0.25) is 9.59 Å². The molecule has 162 valence electrons. The van der Waals surface area contributed by atoms with E-state index in [1.165, 1.54) is 0 Å². The van der Waals surface area contributed by atoms with Gasteiger partial charge in [0.15, 0.2) is 6.61 Å². The Bertz CT molecular complexity index is 1070. The van der Waals surface area contributed by atoms with E-state index in [-0.39, 0.29) is 24.2 Å². The lowest BCUT2D eigenvalue weighted by atomic mass is 9.99. The maximum Gasteiger partial charge on any atom is 0.291 e. The Kier molecular flexibility index (Phi) is 6.11. The van der Waals surface area contributed by atoms with E-state index in [9.17, 15) is 9.59 Å². The number of hydrogen-bond donors (Lipinski definition) is 1. The number of piperidine rings is 1. The molecule has 1 fully saturated rings. The Labute approximate surface area is 180 Å². The maximum atomic E-state index is 13.2. The normalized spacial score (nSPS) is 14.5. The van der Waals surface area contributed by atoms with Crippen molar-refractivity contribution in [3.63, 3.8) is 0 Å². The Hall–Kier alpha value is -3.48. The first kappa shape index (κ1) is 20.8. The first-order valence-electron chi connectivity index (χ1n) is 10.4. The second-order valence-electron chi connectivity index (χ2n) is 7.79. The quantitative estimate of drug-likeness (QED) is 0.639. The molecule has 2 amide bonds. The van der Waals surface area contributed by atoms with Crippen molar-refractivity contribution < 1.29 is 23.5 Å². The summed E-state index contributed by atoms with van der Waals surface area (Å²) in [5.41, 5.74) is 0.949. The number of carbonyl (C=O) groups is 2. The van der Waals surface area contributed by atoms with Gasteiger partial charge in [0.05, 0.1) is 7.11 Å². The first-order valence-corrected chi connectivity index (χ1v) is 10.4. The number of hydrogen-bond acceptors (Lipinski definition) is 5. The van der Waals surface area contributed by atoms with E-state index in [4.69, 9.17) is 13.9 Å². The summed E-state index contributed by atoms with van der Waals surface area (Å²) < 4.78 is 16.5. The summed E-state index contributed by atoms with van der Waals surface area (Å²) in [6.07, 6.45) is 1.92.